The van der Waals surface area contributed by atoms with E-state index in [1.807, 2.05) is 0 Å². The molecule has 94 valence electrons. The third kappa shape index (κ3) is 12.5. The van der Waals surface area contributed by atoms with Gasteiger partial charge in [-0.25, -0.2) is 4.79 Å². The number of carbonyl (C=O) groups excluding carboxylic acids is 1. The summed E-state index contributed by atoms with van der Waals surface area (Å²) < 4.78 is 0. The topological polar surface area (TPSA) is 144 Å². The van der Waals surface area contributed by atoms with Gasteiger partial charge in [-0.05, 0) is 19.4 Å². The maximum Gasteiger partial charge on any atom is 0.371 e. The average Bonchev–Trinajstić information content (AvgIpc) is 2.18. The largest absolute Gasteiger partial charge is 0.480 e. The van der Waals surface area contributed by atoms with Gasteiger partial charge < -0.3 is 21.7 Å². The quantitative estimate of drug-likeness (QED) is 0.347. The number of nitrogens with two attached hydrogens (primary N) is 2. The van der Waals surface area contributed by atoms with Crippen molar-refractivity contribution >= 4 is 17.7 Å². The lowest BCUT2D eigenvalue weighted by molar-refractivity contribution is -0.148. The molecule has 0 aromatic rings. The zero-order chi connectivity index (χ0) is 13.1. The number of aliphatic carboxylic acids is 2. The lowest BCUT2D eigenvalue weighted by atomic mass is 10.1. The van der Waals surface area contributed by atoms with Crippen molar-refractivity contribution in [3.8, 4) is 0 Å². The van der Waals surface area contributed by atoms with E-state index in [1.54, 1.807) is 0 Å². The minimum Gasteiger partial charge on any atom is -0.480 e. The summed E-state index contributed by atoms with van der Waals surface area (Å²) >= 11 is 0. The fourth-order valence-electron chi connectivity index (χ4n) is 0.632. The van der Waals surface area contributed by atoms with Gasteiger partial charge in [0.05, 0.1) is 0 Å². The highest BCUT2D eigenvalue weighted by Gasteiger charge is 2.09. The Morgan fingerprint density at radius 1 is 1.19 bits per heavy atom. The Balaban J connectivity index is 0. The van der Waals surface area contributed by atoms with E-state index in [0.717, 1.165) is 19.8 Å². The second kappa shape index (κ2) is 10.1. The third-order valence-corrected chi connectivity index (χ3v) is 1.59. The fraction of sp³-hybridized carbons (Fsp3) is 0.667. The number of hydrogen-bond donors (Lipinski definition) is 4. The van der Waals surface area contributed by atoms with E-state index in [-0.39, 0.29) is 0 Å². The van der Waals surface area contributed by atoms with Gasteiger partial charge in [0.2, 0.25) is 5.78 Å². The Morgan fingerprint density at radius 3 is 1.88 bits per heavy atom. The van der Waals surface area contributed by atoms with Crippen LogP contribution in [0.25, 0.3) is 0 Å². The summed E-state index contributed by atoms with van der Waals surface area (Å²) in [6, 6.07) is -0.716. The molecule has 0 aliphatic rings. The summed E-state index contributed by atoms with van der Waals surface area (Å²) in [6.07, 6.45) is 2.16. The first-order chi connectivity index (χ1) is 7.32. The minimum absolute atomic E-state index is 0.520. The summed E-state index contributed by atoms with van der Waals surface area (Å²) in [5, 5.41) is 16.0. The number of rotatable bonds is 6. The van der Waals surface area contributed by atoms with Gasteiger partial charge in [-0.3, -0.25) is 9.59 Å². The number of carboxylic acid groups (broad SMARTS) is 2. The molecule has 16 heavy (non-hydrogen) atoms. The van der Waals surface area contributed by atoms with Gasteiger partial charge in [0.25, 0.3) is 0 Å². The second-order valence-electron chi connectivity index (χ2n) is 3.09. The molecule has 0 fully saturated rings. The normalized spacial score (nSPS) is 10.9. The molecule has 0 radical (unpaired) electrons. The molecular weight excluding hydrogens is 216 g/mol. The molecule has 7 heteroatoms. The van der Waals surface area contributed by atoms with Crippen LogP contribution >= 0.6 is 0 Å². The fourth-order valence-corrected chi connectivity index (χ4v) is 0.632. The molecule has 1 atom stereocenters. The van der Waals surface area contributed by atoms with Crippen LogP contribution < -0.4 is 11.5 Å². The zero-order valence-corrected chi connectivity index (χ0v) is 9.18. The predicted octanol–water partition coefficient (Wildman–Crippen LogP) is -0.813. The summed E-state index contributed by atoms with van der Waals surface area (Å²) in [5.74, 6) is -3.14. The lowest BCUT2D eigenvalue weighted by Crippen LogP contribution is -2.29. The summed E-state index contributed by atoms with van der Waals surface area (Å²) in [6.45, 7) is 1.61. The first-order valence-electron chi connectivity index (χ1n) is 4.75. The molecule has 0 saturated carbocycles. The first-order valence-corrected chi connectivity index (χ1v) is 4.75. The highest BCUT2D eigenvalue weighted by molar-refractivity contribution is 6.31. The van der Waals surface area contributed by atoms with Crippen molar-refractivity contribution in [3.05, 3.63) is 0 Å². The molecule has 0 rings (SSSR count). The molecule has 0 aromatic carbocycles. The molecule has 0 heterocycles. The molecule has 0 aromatic heterocycles. The average molecular weight is 234 g/mol. The van der Waals surface area contributed by atoms with Crippen molar-refractivity contribution in [2.45, 2.75) is 32.2 Å². The number of ketones is 1. The Labute approximate surface area is 93.4 Å². The molecule has 0 saturated heterocycles. The highest BCUT2D eigenvalue weighted by Crippen LogP contribution is 1.96. The van der Waals surface area contributed by atoms with Crippen LogP contribution in [-0.4, -0.2) is 40.5 Å². The van der Waals surface area contributed by atoms with Crippen LogP contribution in [0.3, 0.4) is 0 Å². The van der Waals surface area contributed by atoms with Crippen molar-refractivity contribution < 1.29 is 24.6 Å². The Bertz CT molecular complexity index is 230. The van der Waals surface area contributed by atoms with E-state index >= 15 is 0 Å². The summed E-state index contributed by atoms with van der Waals surface area (Å²) in [4.78, 5) is 29.0. The van der Waals surface area contributed by atoms with Crippen molar-refractivity contribution in [2.24, 2.45) is 11.5 Å². The van der Waals surface area contributed by atoms with Crippen molar-refractivity contribution in [1.29, 1.82) is 0 Å². The van der Waals surface area contributed by atoms with E-state index < -0.39 is 23.8 Å². The molecule has 0 amide bonds. The molecule has 0 aliphatic carbocycles. The summed E-state index contributed by atoms with van der Waals surface area (Å²) in [5.41, 5.74) is 10.4. The first kappa shape index (κ1) is 16.9. The Morgan fingerprint density at radius 2 is 1.62 bits per heavy atom. The Hall–Kier alpha value is -1.47. The van der Waals surface area contributed by atoms with Crippen LogP contribution in [0, 0.1) is 0 Å². The Kier molecular flexibility index (Phi) is 10.7. The molecule has 0 unspecified atom stereocenters. The molecular formula is C9H18N2O5. The van der Waals surface area contributed by atoms with Crippen molar-refractivity contribution in [3.63, 3.8) is 0 Å². The zero-order valence-electron chi connectivity index (χ0n) is 9.18. The number of carbonyl (C=O) groups is 3. The number of unbranched alkanes of at least 4 members (excludes halogenated alkanes) is 1. The van der Waals surface area contributed by atoms with E-state index in [4.69, 9.17) is 21.7 Å². The van der Waals surface area contributed by atoms with Crippen LogP contribution in [0.15, 0.2) is 0 Å². The third-order valence-electron chi connectivity index (χ3n) is 1.59. The van der Waals surface area contributed by atoms with Gasteiger partial charge in [-0.15, -0.1) is 0 Å². The predicted molar refractivity (Wildman–Crippen MR) is 56.8 cm³/mol. The molecule has 0 spiro atoms. The van der Waals surface area contributed by atoms with Gasteiger partial charge >= 0.3 is 11.9 Å². The maximum absolute atomic E-state index is 10.1. The smallest absolute Gasteiger partial charge is 0.371 e. The lowest BCUT2D eigenvalue weighted by Gasteiger charge is -2.03. The monoisotopic (exact) mass is 234 g/mol. The second-order valence-corrected chi connectivity index (χ2v) is 3.09. The molecule has 7 nitrogen and oxygen atoms in total. The molecule has 6 N–H and O–H groups in total. The van der Waals surface area contributed by atoms with Gasteiger partial charge in [0.1, 0.15) is 6.04 Å². The maximum atomic E-state index is 10.1. The van der Waals surface area contributed by atoms with Crippen LogP contribution in [0.1, 0.15) is 26.2 Å². The van der Waals surface area contributed by atoms with Crippen LogP contribution in [0.4, 0.5) is 0 Å². The van der Waals surface area contributed by atoms with E-state index in [0.29, 0.717) is 13.0 Å². The molecule has 0 bridgehead atoms. The van der Waals surface area contributed by atoms with Gasteiger partial charge in [0, 0.05) is 6.92 Å². The van der Waals surface area contributed by atoms with Gasteiger partial charge in [-0.1, -0.05) is 6.42 Å². The number of carboxylic acids is 2. The van der Waals surface area contributed by atoms with E-state index in [9.17, 15) is 14.4 Å². The summed E-state index contributed by atoms with van der Waals surface area (Å²) in [7, 11) is 0. The van der Waals surface area contributed by atoms with E-state index in [2.05, 4.69) is 0 Å². The number of hydrogen-bond acceptors (Lipinski definition) is 5. The minimum atomic E-state index is -1.38. The SMILES string of the molecule is CC(=O)C(=O)O.NCCCC[C@H](N)C(=O)O. The van der Waals surface area contributed by atoms with Crippen LogP contribution in [0.5, 0.6) is 0 Å². The van der Waals surface area contributed by atoms with Crippen LogP contribution in [-0.2, 0) is 14.4 Å². The molecule has 0 aliphatic heterocycles. The highest BCUT2D eigenvalue weighted by atomic mass is 16.4. The van der Waals surface area contributed by atoms with E-state index in [1.165, 1.54) is 0 Å². The van der Waals surface area contributed by atoms with Crippen molar-refractivity contribution in [1.82, 2.24) is 0 Å². The standard InChI is InChI=1S/C6H14N2O2.C3H4O3/c7-4-2-1-3-5(8)6(9)10;1-2(4)3(5)6/h5H,1-4,7-8H2,(H,9,10);1H3,(H,5,6)/t5-;/m0./s1. The van der Waals surface area contributed by atoms with Gasteiger partial charge in [0.15, 0.2) is 0 Å². The van der Waals surface area contributed by atoms with Gasteiger partial charge in [-0.2, -0.15) is 0 Å². The van der Waals surface area contributed by atoms with Crippen molar-refractivity contribution in [2.75, 3.05) is 6.54 Å². The number of Topliss-reactive ketones (excluding diaryl/α,β-unsaturated/α-hetero) is 1. The van der Waals surface area contributed by atoms with Crippen LogP contribution in [0.2, 0.25) is 0 Å².